The van der Waals surface area contributed by atoms with Crippen LogP contribution in [0.2, 0.25) is 15.1 Å². The number of carboxylic acids is 1. The average Bonchev–Trinajstić information content (AvgIpc) is 2.82. The fraction of sp³-hybridized carbons (Fsp3) is 0.333. The number of hydrogen-bond donors (Lipinski definition) is 3. The van der Waals surface area contributed by atoms with Crippen LogP contribution < -0.4 is 10.6 Å². The molecule has 0 aromatic heterocycles. The van der Waals surface area contributed by atoms with Crippen LogP contribution >= 0.6 is 34.8 Å². The monoisotopic (exact) mass is 352 g/mol. The second kappa shape index (κ2) is 6.70. The molecule has 0 radical (unpaired) electrons. The Morgan fingerprint density at radius 1 is 1.19 bits per heavy atom. The molecule has 6 nitrogen and oxygen atoms in total. The summed E-state index contributed by atoms with van der Waals surface area (Å²) in [5, 5.41) is 14.7. The first-order chi connectivity index (χ1) is 9.88. The van der Waals surface area contributed by atoms with Gasteiger partial charge in [-0.05, 0) is 12.1 Å². The van der Waals surface area contributed by atoms with E-state index in [1.165, 1.54) is 12.1 Å². The van der Waals surface area contributed by atoms with Crippen LogP contribution in [0.25, 0.3) is 0 Å². The summed E-state index contributed by atoms with van der Waals surface area (Å²) < 4.78 is 5.05. The molecular weight excluding hydrogens is 343 g/mol. The van der Waals surface area contributed by atoms with Gasteiger partial charge < -0.3 is 20.5 Å². The highest BCUT2D eigenvalue weighted by Gasteiger charge is 2.35. The van der Waals surface area contributed by atoms with Gasteiger partial charge in [0.2, 0.25) is 0 Å². The molecule has 2 unspecified atom stereocenters. The Morgan fingerprint density at radius 3 is 2.38 bits per heavy atom. The minimum atomic E-state index is -1.03. The Kier molecular flexibility index (Phi) is 5.16. The topological polar surface area (TPSA) is 87.7 Å². The zero-order chi connectivity index (χ0) is 15.6. The van der Waals surface area contributed by atoms with Gasteiger partial charge in [0.05, 0.1) is 35.0 Å². The summed E-state index contributed by atoms with van der Waals surface area (Å²) in [5.41, 5.74) is 0.200. The van der Waals surface area contributed by atoms with Gasteiger partial charge in [0, 0.05) is 5.02 Å². The molecule has 2 rings (SSSR count). The fourth-order valence-electron chi connectivity index (χ4n) is 1.92. The maximum Gasteiger partial charge on any atom is 0.319 e. The highest BCUT2D eigenvalue weighted by atomic mass is 35.5. The van der Waals surface area contributed by atoms with Crippen LogP contribution in [0.1, 0.15) is 0 Å². The lowest BCUT2D eigenvalue weighted by molar-refractivity contribution is -0.142. The molecule has 1 aliphatic heterocycles. The summed E-state index contributed by atoms with van der Waals surface area (Å²) in [6, 6.07) is 1.63. The third kappa shape index (κ3) is 3.91. The van der Waals surface area contributed by atoms with Crippen LogP contribution in [-0.4, -0.2) is 36.4 Å². The Hall–Kier alpha value is -1.21. The third-order valence-electron chi connectivity index (χ3n) is 2.96. The summed E-state index contributed by atoms with van der Waals surface area (Å²) >= 11 is 17.7. The Labute approximate surface area is 135 Å². The molecule has 0 saturated carbocycles. The molecule has 3 N–H and O–H groups in total. The van der Waals surface area contributed by atoms with Crippen molar-refractivity contribution in [2.24, 2.45) is 5.92 Å². The molecule has 1 saturated heterocycles. The van der Waals surface area contributed by atoms with Gasteiger partial charge in [-0.2, -0.15) is 0 Å². The fourth-order valence-corrected chi connectivity index (χ4v) is 2.83. The van der Waals surface area contributed by atoms with Gasteiger partial charge in [0.25, 0.3) is 0 Å². The molecule has 9 heteroatoms. The molecular formula is C12H11Cl3N2O4. The average molecular weight is 354 g/mol. The van der Waals surface area contributed by atoms with Crippen LogP contribution in [-0.2, 0) is 9.53 Å². The first-order valence-corrected chi connectivity index (χ1v) is 7.04. The van der Waals surface area contributed by atoms with Crippen molar-refractivity contribution in [3.8, 4) is 0 Å². The predicted octanol–water partition coefficient (Wildman–Crippen LogP) is 2.87. The lowest BCUT2D eigenvalue weighted by Gasteiger charge is -2.17. The Balaban J connectivity index is 2.04. The van der Waals surface area contributed by atoms with Gasteiger partial charge in [0.1, 0.15) is 5.92 Å². The van der Waals surface area contributed by atoms with Gasteiger partial charge in [0.15, 0.2) is 0 Å². The second-order valence-corrected chi connectivity index (χ2v) is 5.68. The Morgan fingerprint density at radius 2 is 1.81 bits per heavy atom. The minimum absolute atomic E-state index is 0.0583. The van der Waals surface area contributed by atoms with E-state index in [0.717, 1.165) is 0 Å². The van der Waals surface area contributed by atoms with E-state index in [4.69, 9.17) is 44.6 Å². The quantitative estimate of drug-likeness (QED) is 0.780. The van der Waals surface area contributed by atoms with Crippen molar-refractivity contribution in [3.63, 3.8) is 0 Å². The maximum atomic E-state index is 11.9. The lowest BCUT2D eigenvalue weighted by atomic mass is 10.0. The van der Waals surface area contributed by atoms with Crippen molar-refractivity contribution in [3.05, 3.63) is 27.2 Å². The number of nitrogens with one attached hydrogen (secondary N) is 2. The smallest absolute Gasteiger partial charge is 0.319 e. The number of benzene rings is 1. The highest BCUT2D eigenvalue weighted by Crippen LogP contribution is 2.33. The zero-order valence-corrected chi connectivity index (χ0v) is 12.8. The number of carboxylic acid groups (broad SMARTS) is 1. The molecule has 0 bridgehead atoms. The van der Waals surface area contributed by atoms with Crippen molar-refractivity contribution in [2.75, 3.05) is 18.5 Å². The van der Waals surface area contributed by atoms with Crippen molar-refractivity contribution >= 4 is 52.5 Å². The van der Waals surface area contributed by atoms with Crippen molar-refractivity contribution in [2.45, 2.75) is 6.04 Å². The molecule has 1 aliphatic rings. The number of carbonyl (C=O) groups is 2. The highest BCUT2D eigenvalue weighted by molar-refractivity contribution is 6.42. The van der Waals surface area contributed by atoms with E-state index in [1.807, 2.05) is 0 Å². The van der Waals surface area contributed by atoms with Gasteiger partial charge in [-0.15, -0.1) is 0 Å². The van der Waals surface area contributed by atoms with E-state index >= 15 is 0 Å². The van der Waals surface area contributed by atoms with E-state index in [1.54, 1.807) is 0 Å². The summed E-state index contributed by atoms with van der Waals surface area (Å²) in [7, 11) is 0. The summed E-state index contributed by atoms with van der Waals surface area (Å²) in [6.45, 7) is 0.190. The number of ether oxygens (including phenoxy) is 1. The van der Waals surface area contributed by atoms with E-state index in [2.05, 4.69) is 10.6 Å². The van der Waals surface area contributed by atoms with Crippen LogP contribution in [0.5, 0.6) is 0 Å². The zero-order valence-electron chi connectivity index (χ0n) is 10.5. The van der Waals surface area contributed by atoms with E-state index < -0.39 is 24.0 Å². The van der Waals surface area contributed by atoms with Crippen LogP contribution in [0.4, 0.5) is 10.5 Å². The van der Waals surface area contributed by atoms with Crippen molar-refractivity contribution in [1.82, 2.24) is 5.32 Å². The molecule has 0 aliphatic carbocycles. The maximum absolute atomic E-state index is 11.9. The first kappa shape index (κ1) is 16.2. The van der Waals surface area contributed by atoms with E-state index in [9.17, 15) is 9.59 Å². The SMILES string of the molecule is O=C(Nc1c(Cl)cc(Cl)cc1Cl)NC1COCC1C(=O)O. The van der Waals surface area contributed by atoms with Gasteiger partial charge >= 0.3 is 12.0 Å². The largest absolute Gasteiger partial charge is 0.481 e. The molecule has 2 atom stereocenters. The summed E-state index contributed by atoms with van der Waals surface area (Å²) in [6.07, 6.45) is 0. The van der Waals surface area contributed by atoms with Crippen LogP contribution in [0.3, 0.4) is 0 Å². The number of urea groups is 1. The predicted molar refractivity (Wildman–Crippen MR) is 79.4 cm³/mol. The van der Waals surface area contributed by atoms with E-state index in [-0.39, 0.29) is 28.9 Å². The summed E-state index contributed by atoms with van der Waals surface area (Å²) in [5.74, 6) is -1.81. The molecule has 2 amide bonds. The number of hydrogen-bond acceptors (Lipinski definition) is 3. The molecule has 1 fully saturated rings. The second-order valence-electron chi connectivity index (χ2n) is 4.43. The molecule has 1 aromatic carbocycles. The van der Waals surface area contributed by atoms with Gasteiger partial charge in [-0.3, -0.25) is 4.79 Å². The van der Waals surface area contributed by atoms with Crippen LogP contribution in [0, 0.1) is 5.92 Å². The normalized spacial score (nSPS) is 21.1. The number of amides is 2. The Bertz CT molecular complexity index is 559. The minimum Gasteiger partial charge on any atom is -0.481 e. The third-order valence-corrected chi connectivity index (χ3v) is 3.77. The van der Waals surface area contributed by atoms with Crippen LogP contribution in [0.15, 0.2) is 12.1 Å². The number of rotatable bonds is 3. The number of anilines is 1. The molecule has 0 spiro atoms. The van der Waals surface area contributed by atoms with Crippen molar-refractivity contribution in [1.29, 1.82) is 0 Å². The number of carbonyl (C=O) groups excluding carboxylic acids is 1. The summed E-state index contributed by atoms with van der Waals surface area (Å²) in [4.78, 5) is 22.9. The van der Waals surface area contributed by atoms with E-state index in [0.29, 0.717) is 5.02 Å². The van der Waals surface area contributed by atoms with Crippen molar-refractivity contribution < 1.29 is 19.4 Å². The number of aliphatic carboxylic acids is 1. The standard InChI is InChI=1S/C12H11Cl3N2O4/c13-5-1-7(14)10(8(15)2-5)17-12(20)16-9-4-21-3-6(9)11(18)19/h1-2,6,9H,3-4H2,(H,18,19)(H2,16,17,20). The molecule has 1 heterocycles. The van der Waals surface area contributed by atoms with Gasteiger partial charge in [-0.25, -0.2) is 4.79 Å². The van der Waals surface area contributed by atoms with Gasteiger partial charge in [-0.1, -0.05) is 34.8 Å². The lowest BCUT2D eigenvalue weighted by Crippen LogP contribution is -2.44. The molecule has 114 valence electrons. The number of halogens is 3. The molecule has 1 aromatic rings. The first-order valence-electron chi connectivity index (χ1n) is 5.91. The molecule has 21 heavy (non-hydrogen) atoms.